The van der Waals surface area contributed by atoms with E-state index in [2.05, 4.69) is 12.1 Å². The predicted octanol–water partition coefficient (Wildman–Crippen LogP) is 3.21. The van der Waals surface area contributed by atoms with Crippen LogP contribution < -0.4 is 0 Å². The molecule has 0 aliphatic carbocycles. The normalized spacial score (nSPS) is 18.5. The molecule has 1 fully saturated rings. The molecule has 3 nitrogen and oxygen atoms in total. The van der Waals surface area contributed by atoms with Gasteiger partial charge in [-0.1, -0.05) is 48.0 Å². The number of rotatable bonds is 2. The van der Waals surface area contributed by atoms with E-state index in [1.165, 1.54) is 0 Å². The number of ether oxygens (including phenoxy) is 1. The molecule has 2 aromatic carbocycles. The quantitative estimate of drug-likeness (QED) is 0.846. The molecular weight excluding hydrogens is 262 g/mol. The van der Waals surface area contributed by atoms with Crippen molar-refractivity contribution in [2.75, 3.05) is 19.8 Å². The van der Waals surface area contributed by atoms with Crippen LogP contribution in [0, 0.1) is 6.92 Å². The highest BCUT2D eigenvalue weighted by Gasteiger charge is 2.29. The molecule has 0 saturated carbocycles. The monoisotopic (exact) mass is 281 g/mol. The number of morpholine rings is 1. The van der Waals surface area contributed by atoms with Gasteiger partial charge in [0.1, 0.15) is 0 Å². The summed E-state index contributed by atoms with van der Waals surface area (Å²) in [5.41, 5.74) is 2.97. The molecule has 1 atom stereocenters. The zero-order chi connectivity index (χ0) is 14.7. The lowest BCUT2D eigenvalue weighted by Crippen LogP contribution is -2.43. The summed E-state index contributed by atoms with van der Waals surface area (Å²) in [5, 5.41) is 0. The van der Waals surface area contributed by atoms with E-state index in [0.717, 1.165) is 16.7 Å². The van der Waals surface area contributed by atoms with Crippen LogP contribution in [-0.4, -0.2) is 30.6 Å². The Morgan fingerprint density at radius 2 is 1.95 bits per heavy atom. The van der Waals surface area contributed by atoms with Crippen molar-refractivity contribution in [2.24, 2.45) is 0 Å². The van der Waals surface area contributed by atoms with Gasteiger partial charge in [0, 0.05) is 12.1 Å². The first-order valence-corrected chi connectivity index (χ1v) is 7.26. The topological polar surface area (TPSA) is 29.5 Å². The van der Waals surface area contributed by atoms with Crippen LogP contribution >= 0.6 is 0 Å². The number of nitrogens with zero attached hydrogens (tertiary/aromatic N) is 1. The van der Waals surface area contributed by atoms with Gasteiger partial charge in [0.15, 0.2) is 0 Å². The molecule has 3 heteroatoms. The molecule has 3 rings (SSSR count). The first kappa shape index (κ1) is 13.8. The van der Waals surface area contributed by atoms with Gasteiger partial charge < -0.3 is 9.64 Å². The Morgan fingerprint density at radius 3 is 2.71 bits per heavy atom. The number of benzene rings is 2. The summed E-state index contributed by atoms with van der Waals surface area (Å²) in [6.07, 6.45) is 0. The smallest absolute Gasteiger partial charge is 0.254 e. The molecule has 0 spiro atoms. The Balaban J connectivity index is 1.89. The van der Waals surface area contributed by atoms with Gasteiger partial charge in [-0.05, 0) is 24.6 Å². The van der Waals surface area contributed by atoms with Crippen LogP contribution in [0.1, 0.15) is 27.5 Å². The van der Waals surface area contributed by atoms with Gasteiger partial charge in [-0.3, -0.25) is 4.79 Å². The third-order valence-electron chi connectivity index (χ3n) is 3.84. The summed E-state index contributed by atoms with van der Waals surface area (Å²) in [5.74, 6) is 0.0795. The third-order valence-corrected chi connectivity index (χ3v) is 3.84. The minimum atomic E-state index is -0.00652. The molecule has 1 amide bonds. The van der Waals surface area contributed by atoms with Crippen molar-refractivity contribution in [1.82, 2.24) is 4.90 Å². The molecule has 108 valence electrons. The van der Waals surface area contributed by atoms with E-state index in [-0.39, 0.29) is 11.9 Å². The second kappa shape index (κ2) is 6.10. The Morgan fingerprint density at radius 1 is 1.14 bits per heavy atom. The Labute approximate surface area is 125 Å². The number of amides is 1. The van der Waals surface area contributed by atoms with Crippen molar-refractivity contribution in [2.45, 2.75) is 13.0 Å². The molecule has 1 unspecified atom stereocenters. The van der Waals surface area contributed by atoms with Crippen LogP contribution in [0.2, 0.25) is 0 Å². The van der Waals surface area contributed by atoms with Gasteiger partial charge >= 0.3 is 0 Å². The standard InChI is InChI=1S/C18H19NO2/c1-14-6-5-9-16(12-14)18(20)19-10-11-21-13-17(19)15-7-3-2-4-8-15/h2-9,12,17H,10-11,13H2,1H3. The maximum Gasteiger partial charge on any atom is 0.254 e. The molecule has 2 aromatic rings. The van der Waals surface area contributed by atoms with Crippen molar-refractivity contribution in [3.05, 3.63) is 71.3 Å². The lowest BCUT2D eigenvalue weighted by Gasteiger charge is -2.36. The minimum absolute atomic E-state index is 0.00652. The van der Waals surface area contributed by atoms with Gasteiger partial charge in [-0.15, -0.1) is 0 Å². The molecule has 1 saturated heterocycles. The molecule has 21 heavy (non-hydrogen) atoms. The van der Waals surface area contributed by atoms with Crippen LogP contribution in [0.3, 0.4) is 0 Å². The van der Waals surface area contributed by atoms with Crippen molar-refractivity contribution < 1.29 is 9.53 Å². The number of carbonyl (C=O) groups is 1. The minimum Gasteiger partial charge on any atom is -0.377 e. The number of carbonyl (C=O) groups excluding carboxylic acids is 1. The zero-order valence-electron chi connectivity index (χ0n) is 12.2. The van der Waals surface area contributed by atoms with Crippen molar-refractivity contribution >= 4 is 5.91 Å². The fraction of sp³-hybridized carbons (Fsp3) is 0.278. The van der Waals surface area contributed by atoms with Gasteiger partial charge in [-0.25, -0.2) is 0 Å². The average molecular weight is 281 g/mol. The Kier molecular flexibility index (Phi) is 4.02. The van der Waals surface area contributed by atoms with E-state index in [4.69, 9.17) is 4.74 Å². The Hall–Kier alpha value is -2.13. The van der Waals surface area contributed by atoms with Gasteiger partial charge in [-0.2, -0.15) is 0 Å². The largest absolute Gasteiger partial charge is 0.377 e. The summed E-state index contributed by atoms with van der Waals surface area (Å²) in [4.78, 5) is 14.7. The molecule has 0 aromatic heterocycles. The first-order valence-electron chi connectivity index (χ1n) is 7.26. The number of hydrogen-bond donors (Lipinski definition) is 0. The highest BCUT2D eigenvalue weighted by Crippen LogP contribution is 2.25. The van der Waals surface area contributed by atoms with E-state index in [0.29, 0.717) is 19.8 Å². The predicted molar refractivity (Wildman–Crippen MR) is 82.2 cm³/mol. The lowest BCUT2D eigenvalue weighted by atomic mass is 10.0. The molecule has 0 radical (unpaired) electrons. The van der Waals surface area contributed by atoms with Gasteiger partial charge in [0.05, 0.1) is 19.3 Å². The van der Waals surface area contributed by atoms with Gasteiger partial charge in [0.2, 0.25) is 0 Å². The van der Waals surface area contributed by atoms with Crippen LogP contribution in [0.15, 0.2) is 54.6 Å². The fourth-order valence-corrected chi connectivity index (χ4v) is 2.74. The highest BCUT2D eigenvalue weighted by molar-refractivity contribution is 5.94. The summed E-state index contributed by atoms with van der Waals surface area (Å²) in [7, 11) is 0. The fourth-order valence-electron chi connectivity index (χ4n) is 2.74. The number of hydrogen-bond acceptors (Lipinski definition) is 2. The SMILES string of the molecule is Cc1cccc(C(=O)N2CCOCC2c2ccccc2)c1. The van der Waals surface area contributed by atoms with E-state index < -0.39 is 0 Å². The van der Waals surface area contributed by atoms with Gasteiger partial charge in [0.25, 0.3) is 5.91 Å². The van der Waals surface area contributed by atoms with Crippen LogP contribution in [-0.2, 0) is 4.74 Å². The molecule has 1 aliphatic rings. The average Bonchev–Trinajstić information content (AvgIpc) is 2.55. The molecule has 0 N–H and O–H groups in total. The lowest BCUT2D eigenvalue weighted by molar-refractivity contribution is -0.00270. The van der Waals surface area contributed by atoms with Crippen molar-refractivity contribution in [3.8, 4) is 0 Å². The van der Waals surface area contributed by atoms with Crippen LogP contribution in [0.4, 0.5) is 0 Å². The van der Waals surface area contributed by atoms with Crippen molar-refractivity contribution in [1.29, 1.82) is 0 Å². The second-order valence-corrected chi connectivity index (χ2v) is 5.37. The molecule has 0 bridgehead atoms. The summed E-state index contributed by atoms with van der Waals surface area (Å²) in [6, 6.07) is 17.8. The third kappa shape index (κ3) is 2.98. The van der Waals surface area contributed by atoms with E-state index in [1.54, 1.807) is 0 Å². The molecule has 1 aliphatic heterocycles. The second-order valence-electron chi connectivity index (χ2n) is 5.37. The maximum atomic E-state index is 12.8. The van der Waals surface area contributed by atoms with E-state index in [1.807, 2.05) is 54.3 Å². The zero-order valence-corrected chi connectivity index (χ0v) is 12.2. The van der Waals surface area contributed by atoms with E-state index >= 15 is 0 Å². The molecular formula is C18H19NO2. The maximum absolute atomic E-state index is 12.8. The van der Waals surface area contributed by atoms with E-state index in [9.17, 15) is 4.79 Å². The Bertz CT molecular complexity index is 624. The summed E-state index contributed by atoms with van der Waals surface area (Å²) in [6.45, 7) is 3.79. The number of aryl methyl sites for hydroxylation is 1. The summed E-state index contributed by atoms with van der Waals surface area (Å²) >= 11 is 0. The highest BCUT2D eigenvalue weighted by atomic mass is 16.5. The first-order chi connectivity index (χ1) is 10.3. The van der Waals surface area contributed by atoms with Crippen LogP contribution in [0.25, 0.3) is 0 Å². The van der Waals surface area contributed by atoms with Crippen LogP contribution in [0.5, 0.6) is 0 Å². The molecule has 1 heterocycles. The van der Waals surface area contributed by atoms with Crippen molar-refractivity contribution in [3.63, 3.8) is 0 Å². The summed E-state index contributed by atoms with van der Waals surface area (Å²) < 4.78 is 5.58.